The Bertz CT molecular complexity index is 235. The number of hydrogen-bond acceptors (Lipinski definition) is 2. The predicted molar refractivity (Wildman–Crippen MR) is 32.5 cm³/mol. The fourth-order valence-corrected chi connectivity index (χ4v) is 0.646. The summed E-state index contributed by atoms with van der Waals surface area (Å²) in [4.78, 5) is 10.5. The zero-order valence-corrected chi connectivity index (χ0v) is 6.07. The van der Waals surface area contributed by atoms with E-state index in [0.29, 0.717) is 5.70 Å². The molecule has 1 rings (SSSR count). The molecule has 62 valence electrons. The SMILES string of the molecule is CC1=C(C)OC(F)(F)C(=O)N1. The van der Waals surface area contributed by atoms with Crippen LogP contribution in [0, 0.1) is 0 Å². The van der Waals surface area contributed by atoms with Crippen LogP contribution in [0.5, 0.6) is 0 Å². The molecule has 0 aromatic rings. The zero-order chi connectivity index (χ0) is 8.65. The highest BCUT2D eigenvalue weighted by Gasteiger charge is 2.45. The van der Waals surface area contributed by atoms with Gasteiger partial charge in [0.2, 0.25) is 0 Å². The second-order valence-corrected chi connectivity index (χ2v) is 2.25. The van der Waals surface area contributed by atoms with Gasteiger partial charge in [0.1, 0.15) is 5.76 Å². The molecular formula is C6H7F2NO2. The van der Waals surface area contributed by atoms with Crippen molar-refractivity contribution in [2.75, 3.05) is 0 Å². The zero-order valence-electron chi connectivity index (χ0n) is 6.07. The topological polar surface area (TPSA) is 38.3 Å². The number of halogens is 2. The first-order chi connectivity index (χ1) is 4.93. The maximum absolute atomic E-state index is 12.4. The Kier molecular flexibility index (Phi) is 1.58. The van der Waals surface area contributed by atoms with Crippen molar-refractivity contribution in [3.05, 3.63) is 11.5 Å². The summed E-state index contributed by atoms with van der Waals surface area (Å²) >= 11 is 0. The molecule has 11 heavy (non-hydrogen) atoms. The van der Waals surface area contributed by atoms with Gasteiger partial charge in [0.25, 0.3) is 0 Å². The first-order valence-corrected chi connectivity index (χ1v) is 2.99. The third kappa shape index (κ3) is 1.31. The summed E-state index contributed by atoms with van der Waals surface area (Å²) in [5, 5.41) is 1.98. The van der Waals surface area contributed by atoms with Gasteiger partial charge in [-0.2, -0.15) is 8.78 Å². The highest BCUT2D eigenvalue weighted by molar-refractivity contribution is 5.84. The van der Waals surface area contributed by atoms with Crippen molar-refractivity contribution < 1.29 is 18.3 Å². The lowest BCUT2D eigenvalue weighted by molar-refractivity contribution is -0.218. The number of rotatable bonds is 0. The molecule has 0 unspecified atom stereocenters. The van der Waals surface area contributed by atoms with E-state index in [1.807, 2.05) is 5.32 Å². The fourth-order valence-electron chi connectivity index (χ4n) is 0.646. The molecule has 1 heterocycles. The summed E-state index contributed by atoms with van der Waals surface area (Å²) in [6.45, 7) is 2.85. The molecule has 0 aromatic heterocycles. The third-order valence-electron chi connectivity index (χ3n) is 1.37. The first-order valence-electron chi connectivity index (χ1n) is 2.99. The van der Waals surface area contributed by atoms with E-state index in [1.165, 1.54) is 13.8 Å². The average molecular weight is 163 g/mol. The summed E-state index contributed by atoms with van der Waals surface area (Å²) in [5.41, 5.74) is 0.320. The monoisotopic (exact) mass is 163 g/mol. The largest absolute Gasteiger partial charge is 0.482 e. The summed E-state index contributed by atoms with van der Waals surface area (Å²) in [5.74, 6) is -1.38. The second-order valence-electron chi connectivity index (χ2n) is 2.25. The number of alkyl halides is 2. The van der Waals surface area contributed by atoms with Gasteiger partial charge in [-0.15, -0.1) is 0 Å². The Labute approximate surface area is 62.0 Å². The Balaban J connectivity index is 2.93. The average Bonchev–Trinajstić information content (AvgIpc) is 1.83. The molecule has 3 nitrogen and oxygen atoms in total. The maximum Gasteiger partial charge on any atom is 0.482 e. The number of amides is 1. The van der Waals surface area contributed by atoms with E-state index in [1.54, 1.807) is 0 Å². The summed E-state index contributed by atoms with van der Waals surface area (Å²) in [7, 11) is 0. The lowest BCUT2D eigenvalue weighted by Gasteiger charge is -2.23. The third-order valence-corrected chi connectivity index (χ3v) is 1.37. The van der Waals surface area contributed by atoms with Crippen molar-refractivity contribution in [3.8, 4) is 0 Å². The smallest absolute Gasteiger partial charge is 0.428 e. The van der Waals surface area contributed by atoms with Crippen molar-refractivity contribution in [1.29, 1.82) is 0 Å². The van der Waals surface area contributed by atoms with E-state index >= 15 is 0 Å². The van der Waals surface area contributed by atoms with Gasteiger partial charge in [-0.1, -0.05) is 0 Å². The van der Waals surface area contributed by atoms with Gasteiger partial charge in [-0.25, -0.2) is 0 Å². The molecule has 0 fully saturated rings. The van der Waals surface area contributed by atoms with Crippen LogP contribution in [0.15, 0.2) is 11.5 Å². The maximum atomic E-state index is 12.4. The lowest BCUT2D eigenvalue weighted by Crippen LogP contribution is -2.45. The van der Waals surface area contributed by atoms with Crippen molar-refractivity contribution >= 4 is 5.91 Å². The molecule has 0 atom stereocenters. The minimum Gasteiger partial charge on any atom is -0.428 e. The van der Waals surface area contributed by atoms with Gasteiger partial charge in [-0.05, 0) is 13.8 Å². The van der Waals surface area contributed by atoms with E-state index in [0.717, 1.165) is 0 Å². The molecule has 0 aromatic carbocycles. The van der Waals surface area contributed by atoms with Gasteiger partial charge in [0, 0.05) is 0 Å². The molecule has 0 aliphatic carbocycles. The van der Waals surface area contributed by atoms with E-state index in [4.69, 9.17) is 0 Å². The number of ether oxygens (including phenoxy) is 1. The Morgan fingerprint density at radius 3 is 2.45 bits per heavy atom. The van der Waals surface area contributed by atoms with Crippen LogP contribution in [0.3, 0.4) is 0 Å². The lowest BCUT2D eigenvalue weighted by atomic mass is 10.3. The predicted octanol–water partition coefficient (Wildman–Crippen LogP) is 0.977. The Hall–Kier alpha value is -1.13. The standard InChI is InChI=1S/C6H7F2NO2/c1-3-4(2)11-6(7,8)5(10)9-3/h1-2H3,(H,9,10). The van der Waals surface area contributed by atoms with Gasteiger partial charge in [-0.3, -0.25) is 4.79 Å². The minimum absolute atomic E-state index is 0.0367. The van der Waals surface area contributed by atoms with Crippen molar-refractivity contribution in [2.45, 2.75) is 20.0 Å². The van der Waals surface area contributed by atoms with Gasteiger partial charge >= 0.3 is 12.0 Å². The minimum atomic E-state index is -3.72. The second kappa shape index (κ2) is 2.18. The Morgan fingerprint density at radius 2 is 2.00 bits per heavy atom. The van der Waals surface area contributed by atoms with Crippen LogP contribution in [-0.4, -0.2) is 12.0 Å². The fraction of sp³-hybridized carbons (Fsp3) is 0.500. The molecular weight excluding hydrogens is 156 g/mol. The van der Waals surface area contributed by atoms with Crippen LogP contribution in [0.25, 0.3) is 0 Å². The summed E-state index contributed by atoms with van der Waals surface area (Å²) in [6.07, 6.45) is -3.72. The number of carbonyl (C=O) groups is 1. The molecule has 1 amide bonds. The van der Waals surface area contributed by atoms with Crippen LogP contribution in [-0.2, 0) is 9.53 Å². The normalized spacial score (nSPS) is 22.7. The molecule has 1 N–H and O–H groups in total. The molecule has 0 saturated carbocycles. The summed E-state index contributed by atoms with van der Waals surface area (Å²) < 4.78 is 28.7. The van der Waals surface area contributed by atoms with Crippen LogP contribution in [0.2, 0.25) is 0 Å². The van der Waals surface area contributed by atoms with E-state index in [9.17, 15) is 13.6 Å². The van der Waals surface area contributed by atoms with Gasteiger partial charge < -0.3 is 10.1 Å². The van der Waals surface area contributed by atoms with Crippen LogP contribution >= 0.6 is 0 Å². The molecule has 1 aliphatic heterocycles. The molecule has 0 saturated heterocycles. The number of nitrogens with one attached hydrogen (secondary N) is 1. The van der Waals surface area contributed by atoms with Crippen LogP contribution < -0.4 is 5.32 Å². The first kappa shape index (κ1) is 7.97. The Morgan fingerprint density at radius 1 is 1.45 bits per heavy atom. The molecule has 0 spiro atoms. The van der Waals surface area contributed by atoms with E-state index in [2.05, 4.69) is 4.74 Å². The highest BCUT2D eigenvalue weighted by Crippen LogP contribution is 2.24. The van der Waals surface area contributed by atoms with Crippen molar-refractivity contribution in [2.24, 2.45) is 0 Å². The van der Waals surface area contributed by atoms with Gasteiger partial charge in [0.05, 0.1) is 5.70 Å². The van der Waals surface area contributed by atoms with Crippen LogP contribution in [0.1, 0.15) is 13.8 Å². The number of hydrogen-bond donors (Lipinski definition) is 1. The van der Waals surface area contributed by atoms with Crippen LogP contribution in [0.4, 0.5) is 8.78 Å². The molecule has 5 heteroatoms. The quantitative estimate of drug-likeness (QED) is 0.578. The van der Waals surface area contributed by atoms with Gasteiger partial charge in [0.15, 0.2) is 0 Å². The highest BCUT2D eigenvalue weighted by atomic mass is 19.3. The number of carbonyl (C=O) groups excluding carboxylic acids is 1. The summed E-state index contributed by atoms with van der Waals surface area (Å²) in [6, 6.07) is 0. The molecule has 0 bridgehead atoms. The van der Waals surface area contributed by atoms with Crippen molar-refractivity contribution in [3.63, 3.8) is 0 Å². The van der Waals surface area contributed by atoms with E-state index in [-0.39, 0.29) is 5.76 Å². The molecule has 1 aliphatic rings. The number of allylic oxidation sites excluding steroid dienone is 2. The van der Waals surface area contributed by atoms with E-state index < -0.39 is 12.0 Å². The molecule has 0 radical (unpaired) electrons. The van der Waals surface area contributed by atoms with Crippen molar-refractivity contribution in [1.82, 2.24) is 5.32 Å².